The lowest BCUT2D eigenvalue weighted by Crippen LogP contribution is -2.58. The zero-order valence-electron chi connectivity index (χ0n) is 12.5. The van der Waals surface area contributed by atoms with Gasteiger partial charge in [0, 0.05) is 26.4 Å². The normalized spacial score (nSPS) is 14.6. The van der Waals surface area contributed by atoms with Gasteiger partial charge in [-0.3, -0.25) is 10.1 Å². The smallest absolute Gasteiger partial charge is 0.239 e. The summed E-state index contributed by atoms with van der Waals surface area (Å²) in [7, 11) is 1.66. The molecular formula is C13H28N2O4. The molecule has 114 valence electrons. The van der Waals surface area contributed by atoms with Crippen molar-refractivity contribution in [2.45, 2.75) is 38.8 Å². The van der Waals surface area contributed by atoms with Gasteiger partial charge in [-0.1, -0.05) is 0 Å². The van der Waals surface area contributed by atoms with Crippen molar-refractivity contribution in [1.82, 2.24) is 5.32 Å². The van der Waals surface area contributed by atoms with E-state index in [1.54, 1.807) is 14.0 Å². The number of carbonyl (C=O) groups excluding carboxylic acids is 1. The van der Waals surface area contributed by atoms with Crippen LogP contribution >= 0.6 is 0 Å². The summed E-state index contributed by atoms with van der Waals surface area (Å²) >= 11 is 0. The third-order valence-electron chi connectivity index (χ3n) is 2.55. The summed E-state index contributed by atoms with van der Waals surface area (Å²) < 4.78 is 15.7. The number of rotatable bonds is 12. The molecule has 1 unspecified atom stereocenters. The van der Waals surface area contributed by atoms with Crippen molar-refractivity contribution in [3.05, 3.63) is 0 Å². The van der Waals surface area contributed by atoms with Crippen LogP contribution in [0.25, 0.3) is 0 Å². The summed E-state index contributed by atoms with van der Waals surface area (Å²) in [6.45, 7) is 8.18. The van der Waals surface area contributed by atoms with E-state index in [2.05, 4.69) is 5.32 Å². The van der Waals surface area contributed by atoms with E-state index < -0.39 is 11.4 Å². The average Bonchev–Trinajstić information content (AvgIpc) is 2.31. The van der Waals surface area contributed by atoms with Gasteiger partial charge in [0.2, 0.25) is 5.91 Å². The minimum absolute atomic E-state index is 0.159. The van der Waals surface area contributed by atoms with Crippen LogP contribution in [0, 0.1) is 0 Å². The zero-order valence-corrected chi connectivity index (χ0v) is 12.5. The van der Waals surface area contributed by atoms with Crippen LogP contribution < -0.4 is 11.1 Å². The second kappa shape index (κ2) is 10.1. The highest BCUT2D eigenvalue weighted by molar-refractivity contribution is 5.84. The number of hydrogen-bond acceptors (Lipinski definition) is 5. The standard InChI is InChI=1S/C13H28N2O4/c1-11(2)15-13(3,12(14)16)10-19-9-8-18-7-5-6-17-4/h11,15H,5-10H2,1-4H3,(H2,14,16). The van der Waals surface area contributed by atoms with Crippen molar-refractivity contribution in [2.75, 3.05) is 40.1 Å². The minimum Gasteiger partial charge on any atom is -0.385 e. The molecule has 0 rings (SSSR count). The molecule has 0 spiro atoms. The number of nitrogens with two attached hydrogens (primary N) is 1. The Morgan fingerprint density at radius 1 is 1.21 bits per heavy atom. The maximum absolute atomic E-state index is 11.4. The van der Waals surface area contributed by atoms with E-state index >= 15 is 0 Å². The summed E-state index contributed by atoms with van der Waals surface area (Å²) in [4.78, 5) is 11.4. The number of primary amides is 1. The molecule has 0 saturated carbocycles. The summed E-state index contributed by atoms with van der Waals surface area (Å²) in [6.07, 6.45) is 0.865. The molecule has 0 aromatic rings. The monoisotopic (exact) mass is 276 g/mol. The van der Waals surface area contributed by atoms with Crippen LogP contribution in [0.1, 0.15) is 27.2 Å². The topological polar surface area (TPSA) is 82.8 Å². The molecule has 1 amide bonds. The molecule has 0 bridgehead atoms. The van der Waals surface area contributed by atoms with Gasteiger partial charge in [0.15, 0.2) is 0 Å². The van der Waals surface area contributed by atoms with Crippen molar-refractivity contribution in [2.24, 2.45) is 5.73 Å². The van der Waals surface area contributed by atoms with Gasteiger partial charge < -0.3 is 19.9 Å². The molecule has 0 heterocycles. The van der Waals surface area contributed by atoms with Crippen LogP contribution in [0.2, 0.25) is 0 Å². The highest BCUT2D eigenvalue weighted by atomic mass is 16.5. The fourth-order valence-electron chi connectivity index (χ4n) is 1.62. The van der Waals surface area contributed by atoms with Crippen LogP contribution in [0.15, 0.2) is 0 Å². The van der Waals surface area contributed by atoms with Crippen molar-refractivity contribution in [3.63, 3.8) is 0 Å². The molecule has 6 nitrogen and oxygen atoms in total. The Hall–Kier alpha value is -0.690. The fourth-order valence-corrected chi connectivity index (χ4v) is 1.62. The number of ether oxygens (including phenoxy) is 3. The van der Waals surface area contributed by atoms with Crippen LogP contribution in [0.5, 0.6) is 0 Å². The Morgan fingerprint density at radius 3 is 2.37 bits per heavy atom. The Labute approximate surface area is 116 Å². The molecule has 0 fully saturated rings. The van der Waals surface area contributed by atoms with E-state index in [0.29, 0.717) is 26.4 Å². The number of amides is 1. The van der Waals surface area contributed by atoms with Crippen molar-refractivity contribution < 1.29 is 19.0 Å². The first kappa shape index (κ1) is 18.3. The Kier molecular flexibility index (Phi) is 9.77. The van der Waals surface area contributed by atoms with Crippen molar-refractivity contribution in [3.8, 4) is 0 Å². The number of nitrogens with one attached hydrogen (secondary N) is 1. The molecule has 19 heavy (non-hydrogen) atoms. The lowest BCUT2D eigenvalue weighted by Gasteiger charge is -2.29. The van der Waals surface area contributed by atoms with Crippen LogP contribution in [-0.2, 0) is 19.0 Å². The van der Waals surface area contributed by atoms with Crippen LogP contribution in [-0.4, -0.2) is 57.6 Å². The molecular weight excluding hydrogens is 248 g/mol. The minimum atomic E-state index is -0.843. The third kappa shape index (κ3) is 8.93. The molecule has 6 heteroatoms. The van der Waals surface area contributed by atoms with Gasteiger partial charge in [0.1, 0.15) is 5.54 Å². The zero-order chi connectivity index (χ0) is 14.7. The molecule has 0 aliphatic carbocycles. The van der Waals surface area contributed by atoms with E-state index in [-0.39, 0.29) is 12.6 Å². The second-order valence-electron chi connectivity index (χ2n) is 5.01. The molecule has 3 N–H and O–H groups in total. The van der Waals surface area contributed by atoms with Gasteiger partial charge in [-0.2, -0.15) is 0 Å². The van der Waals surface area contributed by atoms with Crippen molar-refractivity contribution in [1.29, 1.82) is 0 Å². The first-order chi connectivity index (χ1) is 8.92. The van der Waals surface area contributed by atoms with Crippen molar-refractivity contribution >= 4 is 5.91 Å². The predicted molar refractivity (Wildman–Crippen MR) is 74.0 cm³/mol. The SMILES string of the molecule is COCCCOCCOCC(C)(NC(C)C)C(N)=O. The van der Waals surface area contributed by atoms with Gasteiger partial charge in [0.05, 0.1) is 19.8 Å². The van der Waals surface area contributed by atoms with Gasteiger partial charge >= 0.3 is 0 Å². The molecule has 0 aliphatic rings. The van der Waals surface area contributed by atoms with Gasteiger partial charge in [0.25, 0.3) is 0 Å². The molecule has 1 atom stereocenters. The van der Waals surface area contributed by atoms with E-state index in [0.717, 1.165) is 6.42 Å². The molecule has 0 radical (unpaired) electrons. The lowest BCUT2D eigenvalue weighted by atomic mass is 10.0. The van der Waals surface area contributed by atoms with E-state index in [1.165, 1.54) is 0 Å². The maximum atomic E-state index is 11.4. The maximum Gasteiger partial charge on any atom is 0.239 e. The van der Waals surface area contributed by atoms with Gasteiger partial charge in [-0.05, 0) is 27.2 Å². The summed E-state index contributed by atoms with van der Waals surface area (Å²) in [6, 6.07) is 0.159. The average molecular weight is 276 g/mol. The first-order valence-corrected chi connectivity index (χ1v) is 6.64. The molecule has 0 aromatic carbocycles. The summed E-state index contributed by atoms with van der Waals surface area (Å²) in [5.74, 6) is -0.415. The van der Waals surface area contributed by atoms with Gasteiger partial charge in [-0.25, -0.2) is 0 Å². The lowest BCUT2D eigenvalue weighted by molar-refractivity contribution is -0.127. The predicted octanol–water partition coefficient (Wildman–Crippen LogP) is 0.298. The summed E-state index contributed by atoms with van der Waals surface area (Å²) in [5.41, 5.74) is 4.55. The van der Waals surface area contributed by atoms with Gasteiger partial charge in [-0.15, -0.1) is 0 Å². The highest BCUT2D eigenvalue weighted by Crippen LogP contribution is 2.05. The first-order valence-electron chi connectivity index (χ1n) is 6.64. The Bertz CT molecular complexity index is 249. The molecule has 0 saturated heterocycles. The van der Waals surface area contributed by atoms with E-state index in [4.69, 9.17) is 19.9 Å². The molecule has 0 aromatic heterocycles. The van der Waals surface area contributed by atoms with E-state index in [1.807, 2.05) is 13.8 Å². The largest absolute Gasteiger partial charge is 0.385 e. The number of methoxy groups -OCH3 is 1. The van der Waals surface area contributed by atoms with Crippen LogP contribution in [0.4, 0.5) is 0 Å². The molecule has 0 aliphatic heterocycles. The highest BCUT2D eigenvalue weighted by Gasteiger charge is 2.31. The van der Waals surface area contributed by atoms with E-state index in [9.17, 15) is 4.79 Å². The van der Waals surface area contributed by atoms with Crippen LogP contribution in [0.3, 0.4) is 0 Å². The third-order valence-corrected chi connectivity index (χ3v) is 2.55. The Morgan fingerprint density at radius 2 is 1.84 bits per heavy atom. The number of hydrogen-bond donors (Lipinski definition) is 2. The second-order valence-corrected chi connectivity index (χ2v) is 5.01. The number of carbonyl (C=O) groups is 1. The summed E-state index contributed by atoms with van der Waals surface area (Å²) in [5, 5.41) is 3.12. The fraction of sp³-hybridized carbons (Fsp3) is 0.923. The quantitative estimate of drug-likeness (QED) is 0.501. The Balaban J connectivity index is 3.74.